The lowest BCUT2D eigenvalue weighted by Crippen LogP contribution is -2.27. The summed E-state index contributed by atoms with van der Waals surface area (Å²) in [5.41, 5.74) is 4.99. The Morgan fingerprint density at radius 1 is 0.923 bits per heavy atom. The highest BCUT2D eigenvalue weighted by Gasteiger charge is 2.37. The van der Waals surface area contributed by atoms with E-state index in [0.29, 0.717) is 52.5 Å². The van der Waals surface area contributed by atoms with Crippen LogP contribution < -0.4 is 29.6 Å². The Labute approximate surface area is 236 Å². The lowest BCUT2D eigenvalue weighted by Gasteiger charge is -2.30. The number of ether oxygens (including phenoxy) is 4. The Morgan fingerprint density at radius 3 is 2.23 bits per heavy atom. The van der Waals surface area contributed by atoms with Gasteiger partial charge in [0.05, 0.1) is 49.8 Å². The zero-order valence-corrected chi connectivity index (χ0v) is 23.8. The molecule has 0 saturated heterocycles. The molecule has 0 saturated carbocycles. The van der Waals surface area contributed by atoms with Crippen molar-refractivity contribution >= 4 is 33.1 Å². The second kappa shape index (κ2) is 11.1. The molecule has 1 heterocycles. The van der Waals surface area contributed by atoms with Gasteiger partial charge in [0.25, 0.3) is 0 Å². The minimum Gasteiger partial charge on any atom is -0.503 e. The predicted octanol–water partition coefficient (Wildman–Crippen LogP) is 6.56. The van der Waals surface area contributed by atoms with E-state index in [1.54, 1.807) is 27.4 Å². The summed E-state index contributed by atoms with van der Waals surface area (Å²) in [4.78, 5) is 14.0. The summed E-state index contributed by atoms with van der Waals surface area (Å²) in [6.07, 6.45) is 0.912. The number of benzene rings is 3. The molecule has 39 heavy (non-hydrogen) atoms. The zero-order chi connectivity index (χ0) is 27.7. The van der Waals surface area contributed by atoms with Crippen LogP contribution in [0.25, 0.3) is 0 Å². The van der Waals surface area contributed by atoms with Crippen LogP contribution in [0.3, 0.4) is 0 Å². The Balaban J connectivity index is 1.62. The number of phenolic OH excluding ortho intramolecular Hbond substituents is 1. The molecule has 3 aromatic rings. The number of aromatic hydroxyl groups is 1. The topological polar surface area (TPSA) is 98.3 Å². The number of Topliss-reactive ketones (excluding diaryl/α,β-unsaturated/α-hetero) is 1. The number of allylic oxidation sites excluding steroid dienone is 1. The fraction of sp³-hybridized carbons (Fsp3) is 0.300. The maximum Gasteiger partial charge on any atom is 0.203 e. The zero-order valence-electron chi connectivity index (χ0n) is 22.3. The molecule has 9 heteroatoms. The monoisotopic (exact) mass is 594 g/mol. The molecule has 0 unspecified atom stereocenters. The summed E-state index contributed by atoms with van der Waals surface area (Å²) in [6, 6.07) is 14.9. The molecule has 3 aromatic carbocycles. The molecule has 8 nitrogen and oxygen atoms in total. The van der Waals surface area contributed by atoms with Crippen molar-refractivity contribution in [3.63, 3.8) is 0 Å². The maximum absolute atomic E-state index is 14.0. The van der Waals surface area contributed by atoms with Gasteiger partial charge < -0.3 is 34.7 Å². The normalized spacial score (nSPS) is 18.2. The highest BCUT2D eigenvalue weighted by Crippen LogP contribution is 2.48. The number of halogens is 1. The van der Waals surface area contributed by atoms with E-state index in [4.69, 9.17) is 18.9 Å². The second-order valence-corrected chi connectivity index (χ2v) is 10.3. The van der Waals surface area contributed by atoms with Crippen molar-refractivity contribution in [2.75, 3.05) is 38.6 Å². The molecule has 0 aromatic heterocycles. The third-order valence-corrected chi connectivity index (χ3v) is 7.76. The molecule has 0 radical (unpaired) electrons. The van der Waals surface area contributed by atoms with Crippen molar-refractivity contribution in [3.05, 3.63) is 75.4 Å². The largest absolute Gasteiger partial charge is 0.503 e. The van der Waals surface area contributed by atoms with Crippen LogP contribution in [0.15, 0.2) is 64.3 Å². The standard InChI is InChI=1S/C30H31BrN2O6/c1-5-39-24-15-18(10-19(31)29(24)35)28-27-22(32-20-8-6-7-9-21(20)33-28)11-16(12-23(27)34)17-13-25(36-2)30(38-4)26(14-17)37-3/h6-10,13-16,28,32-33,35H,5,11-12H2,1-4H3/t16-,28-/m1/s1. The van der Waals surface area contributed by atoms with Crippen molar-refractivity contribution in [2.24, 2.45) is 0 Å². The van der Waals surface area contributed by atoms with Gasteiger partial charge in [0.2, 0.25) is 5.75 Å². The third kappa shape index (κ3) is 4.98. The first kappa shape index (κ1) is 26.7. The lowest BCUT2D eigenvalue weighted by atomic mass is 9.78. The van der Waals surface area contributed by atoms with E-state index in [9.17, 15) is 9.90 Å². The first-order valence-electron chi connectivity index (χ1n) is 12.7. The van der Waals surface area contributed by atoms with E-state index in [0.717, 1.165) is 28.2 Å². The molecular weight excluding hydrogens is 564 g/mol. The van der Waals surface area contributed by atoms with Gasteiger partial charge in [-0.05, 0) is 82.7 Å². The molecule has 1 aliphatic heterocycles. The maximum atomic E-state index is 14.0. The fourth-order valence-electron chi connectivity index (χ4n) is 5.34. The molecule has 0 amide bonds. The number of methoxy groups -OCH3 is 3. The Hall–Kier alpha value is -3.85. The van der Waals surface area contributed by atoms with Crippen LogP contribution >= 0.6 is 15.9 Å². The van der Waals surface area contributed by atoms with Crippen molar-refractivity contribution in [2.45, 2.75) is 31.7 Å². The van der Waals surface area contributed by atoms with Crippen LogP contribution in [0, 0.1) is 0 Å². The van der Waals surface area contributed by atoms with Gasteiger partial charge >= 0.3 is 0 Å². The number of carbonyl (C=O) groups excluding carboxylic acids is 1. The van der Waals surface area contributed by atoms with Crippen LogP contribution in [0.2, 0.25) is 0 Å². The molecular formula is C30H31BrN2O6. The highest BCUT2D eigenvalue weighted by molar-refractivity contribution is 9.10. The Bertz CT molecular complexity index is 1430. The van der Waals surface area contributed by atoms with Crippen molar-refractivity contribution < 1.29 is 28.8 Å². The highest BCUT2D eigenvalue weighted by atomic mass is 79.9. The van der Waals surface area contributed by atoms with Gasteiger partial charge in [0.1, 0.15) is 0 Å². The number of carbonyl (C=O) groups is 1. The van der Waals surface area contributed by atoms with Gasteiger partial charge in [0.15, 0.2) is 28.8 Å². The van der Waals surface area contributed by atoms with Gasteiger partial charge in [-0.15, -0.1) is 0 Å². The summed E-state index contributed by atoms with van der Waals surface area (Å²) in [6.45, 7) is 2.26. The SMILES string of the molecule is CCOc1cc([C@H]2Nc3ccccc3NC3=C2C(=O)C[C@H](c2cc(OC)c(OC)c(OC)c2)C3)cc(Br)c1O. The van der Waals surface area contributed by atoms with E-state index in [2.05, 4.69) is 26.6 Å². The third-order valence-electron chi connectivity index (χ3n) is 7.15. The van der Waals surface area contributed by atoms with Gasteiger partial charge in [-0.2, -0.15) is 0 Å². The van der Waals surface area contributed by atoms with E-state index in [-0.39, 0.29) is 17.5 Å². The van der Waals surface area contributed by atoms with Crippen LogP contribution in [0.5, 0.6) is 28.7 Å². The number of anilines is 2. The molecule has 0 spiro atoms. The van der Waals surface area contributed by atoms with Gasteiger partial charge in [-0.25, -0.2) is 0 Å². The molecule has 3 N–H and O–H groups in total. The number of phenols is 1. The molecule has 2 atom stereocenters. The Morgan fingerprint density at radius 2 is 1.59 bits per heavy atom. The average molecular weight is 595 g/mol. The summed E-state index contributed by atoms with van der Waals surface area (Å²) < 4.78 is 22.8. The van der Waals surface area contributed by atoms with E-state index in [1.165, 1.54) is 0 Å². The van der Waals surface area contributed by atoms with E-state index in [1.807, 2.05) is 49.4 Å². The summed E-state index contributed by atoms with van der Waals surface area (Å²) >= 11 is 3.46. The van der Waals surface area contributed by atoms with Crippen LogP contribution in [-0.4, -0.2) is 38.8 Å². The first-order valence-corrected chi connectivity index (χ1v) is 13.5. The van der Waals surface area contributed by atoms with Gasteiger partial charge in [0, 0.05) is 17.7 Å². The van der Waals surface area contributed by atoms with E-state index < -0.39 is 6.04 Å². The van der Waals surface area contributed by atoms with Crippen LogP contribution in [0.1, 0.15) is 42.9 Å². The summed E-state index contributed by atoms with van der Waals surface area (Å²) in [7, 11) is 4.74. The van der Waals surface area contributed by atoms with Gasteiger partial charge in [-0.1, -0.05) is 12.1 Å². The second-order valence-electron chi connectivity index (χ2n) is 9.41. The fourth-order valence-corrected chi connectivity index (χ4v) is 5.80. The minimum atomic E-state index is -0.458. The number of para-hydroxylation sites is 2. The van der Waals surface area contributed by atoms with Crippen molar-refractivity contribution in [1.82, 2.24) is 0 Å². The Kier molecular flexibility index (Phi) is 7.61. The van der Waals surface area contributed by atoms with E-state index >= 15 is 0 Å². The minimum absolute atomic E-state index is 0.0231. The number of nitrogens with one attached hydrogen (secondary N) is 2. The molecule has 2 aliphatic rings. The number of rotatable bonds is 7. The molecule has 0 bridgehead atoms. The number of hydrogen-bond donors (Lipinski definition) is 3. The van der Waals surface area contributed by atoms with Gasteiger partial charge in [-0.3, -0.25) is 4.79 Å². The summed E-state index contributed by atoms with van der Waals surface area (Å²) in [5, 5.41) is 17.6. The summed E-state index contributed by atoms with van der Waals surface area (Å²) in [5.74, 6) is 1.92. The quantitative estimate of drug-likeness (QED) is 0.283. The molecule has 5 rings (SSSR count). The molecule has 204 valence electrons. The molecule has 0 fully saturated rings. The predicted molar refractivity (Wildman–Crippen MR) is 154 cm³/mol. The molecule has 1 aliphatic carbocycles. The van der Waals surface area contributed by atoms with Crippen LogP contribution in [-0.2, 0) is 4.79 Å². The first-order chi connectivity index (χ1) is 18.9. The smallest absolute Gasteiger partial charge is 0.203 e. The lowest BCUT2D eigenvalue weighted by molar-refractivity contribution is -0.116. The number of fused-ring (bicyclic) bond motifs is 1. The van der Waals surface area contributed by atoms with Crippen molar-refractivity contribution in [3.8, 4) is 28.7 Å². The number of ketones is 1. The number of hydrogen-bond acceptors (Lipinski definition) is 8. The average Bonchev–Trinajstić information content (AvgIpc) is 3.11. The van der Waals surface area contributed by atoms with Crippen molar-refractivity contribution in [1.29, 1.82) is 0 Å². The van der Waals surface area contributed by atoms with Crippen LogP contribution in [0.4, 0.5) is 11.4 Å².